The largest absolute Gasteiger partial charge is 0.465 e. The summed E-state index contributed by atoms with van der Waals surface area (Å²) in [6.45, 7) is 8.68. The van der Waals surface area contributed by atoms with E-state index < -0.39 is 5.97 Å². The fourth-order valence-electron chi connectivity index (χ4n) is 4.31. The van der Waals surface area contributed by atoms with Gasteiger partial charge < -0.3 is 14.6 Å². The highest BCUT2D eigenvalue weighted by Crippen LogP contribution is 2.24. The molecule has 1 aliphatic rings. The van der Waals surface area contributed by atoms with E-state index in [1.165, 1.54) is 20.0 Å². The third-order valence-corrected chi connectivity index (χ3v) is 6.30. The quantitative estimate of drug-likeness (QED) is 0.552. The summed E-state index contributed by atoms with van der Waals surface area (Å²) in [5.41, 5.74) is 1.73. The molecule has 3 aromatic rings. The summed E-state index contributed by atoms with van der Waals surface area (Å²) < 4.78 is 4.78. The second-order valence-corrected chi connectivity index (χ2v) is 8.94. The van der Waals surface area contributed by atoms with Crippen molar-refractivity contribution in [1.29, 1.82) is 0 Å². The number of hydrogen-bond acceptors (Lipinski definition) is 7. The topological polar surface area (TPSA) is 91.4 Å². The number of fused-ring (bicyclic) bond motifs is 1. The maximum absolute atomic E-state index is 12.6. The Labute approximate surface area is 193 Å². The van der Waals surface area contributed by atoms with Gasteiger partial charge in [0.2, 0.25) is 0 Å². The molecule has 174 valence electrons. The predicted molar refractivity (Wildman–Crippen MR) is 128 cm³/mol. The van der Waals surface area contributed by atoms with Crippen LogP contribution in [0, 0.1) is 0 Å². The lowest BCUT2D eigenvalue weighted by molar-refractivity contribution is 0.0601. The zero-order valence-electron chi connectivity index (χ0n) is 19.7. The van der Waals surface area contributed by atoms with E-state index in [0.29, 0.717) is 41.4 Å². The average Bonchev–Trinajstić information content (AvgIpc) is 3.24. The van der Waals surface area contributed by atoms with E-state index in [2.05, 4.69) is 52.7 Å². The zero-order valence-corrected chi connectivity index (χ0v) is 19.7. The Hall–Kier alpha value is -3.26. The molecule has 1 saturated heterocycles. The number of hydrogen-bond donors (Lipinski definition) is 1. The van der Waals surface area contributed by atoms with Crippen LogP contribution < -0.4 is 10.5 Å². The summed E-state index contributed by atoms with van der Waals surface area (Å²) >= 11 is 0. The molecular weight excluding hydrogens is 418 g/mol. The van der Waals surface area contributed by atoms with E-state index in [0.717, 1.165) is 17.9 Å². The van der Waals surface area contributed by atoms with Crippen LogP contribution in [0.3, 0.4) is 0 Å². The van der Waals surface area contributed by atoms with Crippen LogP contribution in [0.4, 0.5) is 5.82 Å². The van der Waals surface area contributed by atoms with Crippen LogP contribution in [0.25, 0.3) is 10.9 Å². The molecular formula is C25H31N5O3. The molecule has 0 unspecified atom stereocenters. The average molecular weight is 450 g/mol. The van der Waals surface area contributed by atoms with Gasteiger partial charge in [0.05, 0.1) is 30.1 Å². The summed E-state index contributed by atoms with van der Waals surface area (Å²) in [5.74, 6) is 1.13. The van der Waals surface area contributed by atoms with Crippen molar-refractivity contribution >= 4 is 22.7 Å². The van der Waals surface area contributed by atoms with E-state index in [1.807, 2.05) is 6.20 Å². The molecule has 0 bridgehead atoms. The van der Waals surface area contributed by atoms with E-state index in [-0.39, 0.29) is 11.6 Å². The summed E-state index contributed by atoms with van der Waals surface area (Å²) in [7, 11) is 1.33. The van der Waals surface area contributed by atoms with Crippen molar-refractivity contribution in [3.63, 3.8) is 0 Å². The lowest BCUT2D eigenvalue weighted by Crippen LogP contribution is -2.31. The fraction of sp³-hybridized carbons (Fsp3) is 0.440. The van der Waals surface area contributed by atoms with Crippen LogP contribution in [0.2, 0.25) is 0 Å². The number of nitrogens with zero attached hydrogens (tertiary/aromatic N) is 4. The van der Waals surface area contributed by atoms with Crippen molar-refractivity contribution in [1.82, 2.24) is 19.9 Å². The lowest BCUT2D eigenvalue weighted by atomic mass is 10.1. The predicted octanol–water partition coefficient (Wildman–Crippen LogP) is 3.50. The van der Waals surface area contributed by atoms with E-state index in [9.17, 15) is 9.59 Å². The zero-order chi connectivity index (χ0) is 23.5. The van der Waals surface area contributed by atoms with Crippen molar-refractivity contribution in [3.05, 3.63) is 63.8 Å². The third-order valence-electron chi connectivity index (χ3n) is 6.30. The number of pyridine rings is 1. The van der Waals surface area contributed by atoms with Crippen molar-refractivity contribution in [3.8, 4) is 0 Å². The molecule has 3 heterocycles. The first-order valence-electron chi connectivity index (χ1n) is 11.4. The number of ether oxygens (including phenoxy) is 1. The first-order chi connectivity index (χ1) is 15.9. The molecule has 2 aromatic heterocycles. The van der Waals surface area contributed by atoms with Crippen molar-refractivity contribution < 1.29 is 9.53 Å². The number of aromatic nitrogens is 3. The minimum atomic E-state index is -0.455. The van der Waals surface area contributed by atoms with Crippen LogP contribution in [0.5, 0.6) is 0 Å². The molecule has 0 saturated carbocycles. The maximum atomic E-state index is 12.6. The van der Waals surface area contributed by atoms with Crippen molar-refractivity contribution in [2.75, 3.05) is 18.6 Å². The first kappa shape index (κ1) is 22.9. The molecule has 1 fully saturated rings. The summed E-state index contributed by atoms with van der Waals surface area (Å²) in [6, 6.07) is 9.76. The Morgan fingerprint density at radius 3 is 2.73 bits per heavy atom. The molecule has 1 N–H and O–H groups in total. The Balaban J connectivity index is 1.54. The minimum Gasteiger partial charge on any atom is -0.465 e. The number of H-pyrrole nitrogens is 1. The Bertz CT molecular complexity index is 1190. The Kier molecular flexibility index (Phi) is 6.74. The second kappa shape index (κ2) is 9.70. The molecule has 0 aliphatic carbocycles. The van der Waals surface area contributed by atoms with Gasteiger partial charge in [0.15, 0.2) is 0 Å². The highest BCUT2D eigenvalue weighted by atomic mass is 16.5. The number of nitrogens with one attached hydrogen (secondary N) is 1. The van der Waals surface area contributed by atoms with Gasteiger partial charge >= 0.3 is 5.97 Å². The summed E-state index contributed by atoms with van der Waals surface area (Å²) in [6.07, 6.45) is 4.36. The van der Waals surface area contributed by atoms with Crippen LogP contribution >= 0.6 is 0 Å². The molecule has 1 aliphatic heterocycles. The van der Waals surface area contributed by atoms with Crippen molar-refractivity contribution in [2.24, 2.45) is 0 Å². The lowest BCUT2D eigenvalue weighted by Gasteiger charge is -2.26. The normalized spacial score (nSPS) is 16.2. The van der Waals surface area contributed by atoms with Gasteiger partial charge in [0.25, 0.3) is 5.56 Å². The monoisotopic (exact) mass is 449 g/mol. The van der Waals surface area contributed by atoms with Gasteiger partial charge in [0.1, 0.15) is 11.6 Å². The molecule has 0 spiro atoms. The van der Waals surface area contributed by atoms with Gasteiger partial charge in [-0.15, -0.1) is 0 Å². The Morgan fingerprint density at radius 1 is 1.27 bits per heavy atom. The first-order valence-corrected chi connectivity index (χ1v) is 11.4. The number of anilines is 1. The van der Waals surface area contributed by atoms with Crippen LogP contribution in [0.1, 0.15) is 55.4 Å². The molecule has 33 heavy (non-hydrogen) atoms. The van der Waals surface area contributed by atoms with Crippen LogP contribution in [-0.2, 0) is 17.8 Å². The maximum Gasteiger partial charge on any atom is 0.337 e. The van der Waals surface area contributed by atoms with Gasteiger partial charge in [-0.1, -0.05) is 6.07 Å². The highest BCUT2D eigenvalue weighted by molar-refractivity contribution is 5.93. The van der Waals surface area contributed by atoms with E-state index in [4.69, 9.17) is 9.72 Å². The van der Waals surface area contributed by atoms with E-state index in [1.54, 1.807) is 18.2 Å². The third kappa shape index (κ3) is 5.06. The minimum absolute atomic E-state index is 0.221. The van der Waals surface area contributed by atoms with Gasteiger partial charge in [0, 0.05) is 31.4 Å². The fourth-order valence-corrected chi connectivity index (χ4v) is 4.31. The smallest absolute Gasteiger partial charge is 0.337 e. The van der Waals surface area contributed by atoms with Crippen LogP contribution in [-0.4, -0.2) is 51.6 Å². The van der Waals surface area contributed by atoms with Gasteiger partial charge in [-0.2, -0.15) is 0 Å². The van der Waals surface area contributed by atoms with Crippen molar-refractivity contribution in [2.45, 2.75) is 58.8 Å². The number of aromatic amines is 1. The Morgan fingerprint density at radius 2 is 2.09 bits per heavy atom. The highest BCUT2D eigenvalue weighted by Gasteiger charge is 2.21. The number of benzene rings is 1. The van der Waals surface area contributed by atoms with Gasteiger partial charge in [-0.05, 0) is 63.4 Å². The number of carbonyl (C=O) groups is 1. The number of methoxy groups -OCH3 is 1. The molecule has 8 nitrogen and oxygen atoms in total. The molecule has 4 rings (SSSR count). The summed E-state index contributed by atoms with van der Waals surface area (Å²) in [4.78, 5) is 41.3. The summed E-state index contributed by atoms with van der Waals surface area (Å²) in [5, 5.41) is 0.443. The van der Waals surface area contributed by atoms with Gasteiger partial charge in [-0.25, -0.2) is 14.8 Å². The number of esters is 1. The standard InChI is InChI=1S/C25H31N5O3/c1-16(2)29(14-18-7-10-23(26-13-18)30-11-5-6-17(30)3)15-22-27-21-12-19(25(32)33-4)8-9-20(21)24(31)28-22/h7-10,12-13,16-17H,5-6,11,14-15H2,1-4H3,(H,27,28,31)/t17-/m1/s1. The van der Waals surface area contributed by atoms with Gasteiger partial charge in [-0.3, -0.25) is 9.69 Å². The molecule has 1 aromatic carbocycles. The number of rotatable bonds is 7. The van der Waals surface area contributed by atoms with E-state index >= 15 is 0 Å². The van der Waals surface area contributed by atoms with Crippen LogP contribution in [0.15, 0.2) is 41.3 Å². The second-order valence-electron chi connectivity index (χ2n) is 8.94. The molecule has 8 heteroatoms. The SMILES string of the molecule is COC(=O)c1ccc2c(=O)[nH]c(CN(Cc3ccc(N4CCC[C@H]4C)nc3)C(C)C)nc2c1. The molecule has 0 amide bonds. The molecule has 1 atom stereocenters. The molecule has 0 radical (unpaired) electrons. The number of carbonyl (C=O) groups excluding carboxylic acids is 1.